The molecule has 5 heteroatoms. The molecule has 0 fully saturated rings. The number of nitrogens with one attached hydrogen (secondary N) is 1. The number of nitrogens with zero attached hydrogens (tertiary/aromatic N) is 1. The molecule has 3 nitrogen and oxygen atoms in total. The Hall–Kier alpha value is -1.49. The van der Waals surface area contributed by atoms with E-state index in [0.29, 0.717) is 6.42 Å². The molecular formula is C13H13ClFN3. The Morgan fingerprint density at radius 1 is 1.39 bits per heavy atom. The zero-order valence-electron chi connectivity index (χ0n) is 9.61. The summed E-state index contributed by atoms with van der Waals surface area (Å²) in [7, 11) is 0. The Morgan fingerprint density at radius 3 is 2.83 bits per heavy atom. The van der Waals surface area contributed by atoms with Crippen LogP contribution in [0.4, 0.5) is 4.39 Å². The van der Waals surface area contributed by atoms with E-state index in [1.807, 2.05) is 12.1 Å². The first-order valence-corrected chi connectivity index (χ1v) is 5.88. The smallest absolute Gasteiger partial charge is 0.142 e. The molecule has 1 atom stereocenters. The number of hydrazine groups is 1. The van der Waals surface area contributed by atoms with Gasteiger partial charge in [-0.3, -0.25) is 16.3 Å². The Balaban J connectivity index is 2.18. The Kier molecular flexibility index (Phi) is 4.25. The van der Waals surface area contributed by atoms with Crippen molar-refractivity contribution in [2.24, 2.45) is 5.84 Å². The monoisotopic (exact) mass is 265 g/mol. The van der Waals surface area contributed by atoms with E-state index in [9.17, 15) is 4.39 Å². The minimum Gasteiger partial charge on any atom is -0.271 e. The van der Waals surface area contributed by atoms with Gasteiger partial charge in [-0.25, -0.2) is 4.39 Å². The van der Waals surface area contributed by atoms with Gasteiger partial charge < -0.3 is 0 Å². The SMILES string of the molecule is NNC(Cc1ccc(Cl)c(F)c1)c1cccnc1. The zero-order valence-corrected chi connectivity index (χ0v) is 10.4. The predicted molar refractivity (Wildman–Crippen MR) is 69.4 cm³/mol. The van der Waals surface area contributed by atoms with Gasteiger partial charge in [-0.05, 0) is 35.7 Å². The second kappa shape index (κ2) is 5.91. The normalized spacial score (nSPS) is 12.4. The number of rotatable bonds is 4. The van der Waals surface area contributed by atoms with Gasteiger partial charge in [0.1, 0.15) is 5.82 Å². The average molecular weight is 266 g/mol. The van der Waals surface area contributed by atoms with E-state index in [2.05, 4.69) is 10.4 Å². The lowest BCUT2D eigenvalue weighted by atomic mass is 10.0. The molecule has 1 heterocycles. The molecule has 0 amide bonds. The van der Waals surface area contributed by atoms with E-state index in [0.717, 1.165) is 11.1 Å². The third-order valence-corrected chi connectivity index (χ3v) is 3.02. The van der Waals surface area contributed by atoms with Crippen molar-refractivity contribution in [1.29, 1.82) is 0 Å². The highest BCUT2D eigenvalue weighted by molar-refractivity contribution is 6.30. The molecule has 0 saturated carbocycles. The number of aromatic nitrogens is 1. The van der Waals surface area contributed by atoms with Crippen molar-refractivity contribution < 1.29 is 4.39 Å². The summed E-state index contributed by atoms with van der Waals surface area (Å²) >= 11 is 5.64. The topological polar surface area (TPSA) is 50.9 Å². The van der Waals surface area contributed by atoms with E-state index in [-0.39, 0.29) is 11.1 Å². The number of pyridine rings is 1. The van der Waals surface area contributed by atoms with Gasteiger partial charge in [0, 0.05) is 12.4 Å². The van der Waals surface area contributed by atoms with Crippen molar-refractivity contribution in [3.8, 4) is 0 Å². The minimum atomic E-state index is -0.420. The first-order valence-electron chi connectivity index (χ1n) is 5.50. The van der Waals surface area contributed by atoms with Crippen molar-refractivity contribution in [3.63, 3.8) is 0 Å². The Bertz CT molecular complexity index is 519. The van der Waals surface area contributed by atoms with Crippen LogP contribution in [0.25, 0.3) is 0 Å². The molecule has 0 aliphatic carbocycles. The van der Waals surface area contributed by atoms with Gasteiger partial charge in [0.05, 0.1) is 11.1 Å². The first-order chi connectivity index (χ1) is 8.70. The van der Waals surface area contributed by atoms with E-state index < -0.39 is 5.82 Å². The number of halogens is 2. The first kappa shape index (κ1) is 13.0. The van der Waals surface area contributed by atoms with Gasteiger partial charge in [-0.2, -0.15) is 0 Å². The number of hydrogen-bond acceptors (Lipinski definition) is 3. The molecule has 2 aromatic rings. The Labute approximate surface area is 110 Å². The summed E-state index contributed by atoms with van der Waals surface area (Å²) in [5.41, 5.74) is 4.48. The molecule has 0 aliphatic heterocycles. The van der Waals surface area contributed by atoms with Gasteiger partial charge in [-0.1, -0.05) is 23.7 Å². The molecular weight excluding hydrogens is 253 g/mol. The van der Waals surface area contributed by atoms with Gasteiger partial charge in [0.2, 0.25) is 0 Å². The highest BCUT2D eigenvalue weighted by atomic mass is 35.5. The second-order valence-corrected chi connectivity index (χ2v) is 4.37. The molecule has 0 radical (unpaired) electrons. The lowest BCUT2D eigenvalue weighted by molar-refractivity contribution is 0.547. The molecule has 1 aromatic carbocycles. The van der Waals surface area contributed by atoms with Crippen molar-refractivity contribution in [2.45, 2.75) is 12.5 Å². The second-order valence-electron chi connectivity index (χ2n) is 3.96. The van der Waals surface area contributed by atoms with Crippen molar-refractivity contribution in [1.82, 2.24) is 10.4 Å². The van der Waals surface area contributed by atoms with E-state index in [1.165, 1.54) is 6.07 Å². The quantitative estimate of drug-likeness (QED) is 0.660. The van der Waals surface area contributed by atoms with E-state index in [1.54, 1.807) is 24.5 Å². The zero-order chi connectivity index (χ0) is 13.0. The molecule has 18 heavy (non-hydrogen) atoms. The summed E-state index contributed by atoms with van der Waals surface area (Å²) < 4.78 is 13.3. The van der Waals surface area contributed by atoms with Gasteiger partial charge in [0.25, 0.3) is 0 Å². The maximum atomic E-state index is 13.3. The van der Waals surface area contributed by atoms with Crippen LogP contribution in [0.2, 0.25) is 5.02 Å². The summed E-state index contributed by atoms with van der Waals surface area (Å²) in [4.78, 5) is 4.04. The predicted octanol–water partition coefficient (Wildman–Crippen LogP) is 2.62. The molecule has 0 spiro atoms. The molecule has 2 rings (SSSR count). The van der Waals surface area contributed by atoms with Crippen molar-refractivity contribution >= 4 is 11.6 Å². The van der Waals surface area contributed by atoms with E-state index in [4.69, 9.17) is 17.4 Å². The third kappa shape index (κ3) is 3.04. The van der Waals surface area contributed by atoms with Crippen LogP contribution in [0, 0.1) is 5.82 Å². The van der Waals surface area contributed by atoms with Crippen LogP contribution in [0.5, 0.6) is 0 Å². The number of benzene rings is 1. The summed E-state index contributed by atoms with van der Waals surface area (Å²) in [6.45, 7) is 0. The van der Waals surface area contributed by atoms with Crippen LogP contribution in [0.1, 0.15) is 17.2 Å². The lowest BCUT2D eigenvalue weighted by Gasteiger charge is -2.16. The maximum absolute atomic E-state index is 13.3. The third-order valence-electron chi connectivity index (χ3n) is 2.71. The standard InChI is InChI=1S/C13H13ClFN3/c14-11-4-3-9(6-12(11)15)7-13(18-16)10-2-1-5-17-8-10/h1-6,8,13,18H,7,16H2. The van der Waals surface area contributed by atoms with Crippen LogP contribution in [-0.4, -0.2) is 4.98 Å². The summed E-state index contributed by atoms with van der Waals surface area (Å²) in [5, 5.41) is 0.123. The Morgan fingerprint density at radius 2 is 2.22 bits per heavy atom. The highest BCUT2D eigenvalue weighted by Crippen LogP contribution is 2.20. The van der Waals surface area contributed by atoms with Crippen LogP contribution >= 0.6 is 11.6 Å². The van der Waals surface area contributed by atoms with Gasteiger partial charge in [-0.15, -0.1) is 0 Å². The number of hydrogen-bond donors (Lipinski definition) is 2. The highest BCUT2D eigenvalue weighted by Gasteiger charge is 2.11. The molecule has 0 saturated heterocycles. The fraction of sp³-hybridized carbons (Fsp3) is 0.154. The minimum absolute atomic E-state index is 0.112. The van der Waals surface area contributed by atoms with Gasteiger partial charge >= 0.3 is 0 Å². The molecule has 0 aliphatic rings. The molecule has 94 valence electrons. The van der Waals surface area contributed by atoms with Crippen LogP contribution in [0.15, 0.2) is 42.7 Å². The molecule has 3 N–H and O–H groups in total. The fourth-order valence-corrected chi connectivity index (χ4v) is 1.87. The molecule has 1 unspecified atom stereocenters. The van der Waals surface area contributed by atoms with Crippen LogP contribution < -0.4 is 11.3 Å². The maximum Gasteiger partial charge on any atom is 0.142 e. The van der Waals surface area contributed by atoms with Crippen molar-refractivity contribution in [3.05, 3.63) is 64.7 Å². The summed E-state index contributed by atoms with van der Waals surface area (Å²) in [5.74, 6) is 5.10. The number of nitrogens with two attached hydrogens (primary N) is 1. The molecule has 0 bridgehead atoms. The summed E-state index contributed by atoms with van der Waals surface area (Å²) in [6, 6.07) is 8.39. The molecule has 1 aromatic heterocycles. The average Bonchev–Trinajstić information content (AvgIpc) is 2.41. The van der Waals surface area contributed by atoms with Gasteiger partial charge in [0.15, 0.2) is 0 Å². The lowest BCUT2D eigenvalue weighted by Crippen LogP contribution is -2.29. The van der Waals surface area contributed by atoms with Crippen molar-refractivity contribution in [2.75, 3.05) is 0 Å². The van der Waals surface area contributed by atoms with Crippen LogP contribution in [0.3, 0.4) is 0 Å². The van der Waals surface area contributed by atoms with E-state index >= 15 is 0 Å². The summed E-state index contributed by atoms with van der Waals surface area (Å²) in [6.07, 6.45) is 3.99. The largest absolute Gasteiger partial charge is 0.271 e. The van der Waals surface area contributed by atoms with Crippen LogP contribution in [-0.2, 0) is 6.42 Å². The fourth-order valence-electron chi connectivity index (χ4n) is 1.76.